The summed E-state index contributed by atoms with van der Waals surface area (Å²) in [5.41, 5.74) is 3.54. The monoisotopic (exact) mass is 371 g/mol. The quantitative estimate of drug-likeness (QED) is 0.665. The fourth-order valence-corrected chi connectivity index (χ4v) is 3.32. The van der Waals surface area contributed by atoms with Crippen LogP contribution in [0.4, 0.5) is 0 Å². The van der Waals surface area contributed by atoms with Crippen LogP contribution in [0.2, 0.25) is 0 Å². The van der Waals surface area contributed by atoms with E-state index in [-0.39, 0.29) is 12.1 Å². The van der Waals surface area contributed by atoms with Gasteiger partial charge in [0.05, 0.1) is 17.1 Å². The third-order valence-electron chi connectivity index (χ3n) is 4.26. The lowest BCUT2D eigenvalue weighted by Crippen LogP contribution is -2.25. The molecule has 0 bridgehead atoms. The molecule has 0 amide bonds. The van der Waals surface area contributed by atoms with Gasteiger partial charge in [-0.15, -0.1) is 0 Å². The predicted octanol–water partition coefficient (Wildman–Crippen LogP) is 5.23. The standard InChI is InChI=1S/C19H22BrN3/c1-4-23-18-8-6-5-7-17(18)22-19(23)14(3)21-13(2)15-9-11-16(20)12-10-15/h5-14,21H,4H2,1-3H3/t13-,14-/m1/s1. The highest BCUT2D eigenvalue weighted by Gasteiger charge is 2.17. The largest absolute Gasteiger partial charge is 0.327 e. The number of para-hydroxylation sites is 2. The van der Waals surface area contributed by atoms with Crippen molar-refractivity contribution in [1.29, 1.82) is 0 Å². The average Bonchev–Trinajstić information content (AvgIpc) is 2.94. The van der Waals surface area contributed by atoms with E-state index < -0.39 is 0 Å². The van der Waals surface area contributed by atoms with E-state index in [0.717, 1.165) is 22.4 Å². The van der Waals surface area contributed by atoms with Crippen molar-refractivity contribution in [3.05, 3.63) is 64.4 Å². The van der Waals surface area contributed by atoms with Gasteiger partial charge in [-0.05, 0) is 50.6 Å². The van der Waals surface area contributed by atoms with Crippen molar-refractivity contribution < 1.29 is 0 Å². The van der Waals surface area contributed by atoms with Crippen molar-refractivity contribution >= 4 is 27.0 Å². The van der Waals surface area contributed by atoms with Gasteiger partial charge in [-0.2, -0.15) is 0 Å². The fraction of sp³-hybridized carbons (Fsp3) is 0.316. The molecule has 0 spiro atoms. The van der Waals surface area contributed by atoms with Crippen LogP contribution < -0.4 is 5.32 Å². The summed E-state index contributed by atoms with van der Waals surface area (Å²) in [5, 5.41) is 3.67. The number of benzene rings is 2. The van der Waals surface area contributed by atoms with Gasteiger partial charge in [-0.1, -0.05) is 40.2 Å². The Morgan fingerprint density at radius 1 is 1.04 bits per heavy atom. The number of imidazole rings is 1. The Kier molecular flexibility index (Phi) is 4.83. The van der Waals surface area contributed by atoms with E-state index >= 15 is 0 Å². The number of fused-ring (bicyclic) bond motifs is 1. The Balaban J connectivity index is 1.85. The van der Waals surface area contributed by atoms with E-state index in [9.17, 15) is 0 Å². The molecule has 0 fully saturated rings. The highest BCUT2D eigenvalue weighted by Crippen LogP contribution is 2.24. The molecule has 0 unspecified atom stereocenters. The highest BCUT2D eigenvalue weighted by molar-refractivity contribution is 9.10. The lowest BCUT2D eigenvalue weighted by molar-refractivity contribution is 0.463. The van der Waals surface area contributed by atoms with Crippen LogP contribution in [0.1, 0.15) is 44.2 Å². The molecule has 1 N–H and O–H groups in total. The Bertz CT molecular complexity index is 792. The highest BCUT2D eigenvalue weighted by atomic mass is 79.9. The van der Waals surface area contributed by atoms with Crippen LogP contribution in [0.15, 0.2) is 53.0 Å². The number of rotatable bonds is 5. The van der Waals surface area contributed by atoms with Crippen molar-refractivity contribution in [2.24, 2.45) is 0 Å². The molecule has 0 aliphatic carbocycles. The van der Waals surface area contributed by atoms with Crippen LogP contribution in [0.3, 0.4) is 0 Å². The first-order valence-corrected chi connectivity index (χ1v) is 8.86. The summed E-state index contributed by atoms with van der Waals surface area (Å²) < 4.78 is 3.40. The van der Waals surface area contributed by atoms with Crippen molar-refractivity contribution in [2.75, 3.05) is 0 Å². The zero-order valence-corrected chi connectivity index (χ0v) is 15.3. The number of halogens is 1. The van der Waals surface area contributed by atoms with Crippen molar-refractivity contribution in [2.45, 2.75) is 39.4 Å². The Labute approximate surface area is 145 Å². The second kappa shape index (κ2) is 6.85. The van der Waals surface area contributed by atoms with E-state index in [1.54, 1.807) is 0 Å². The van der Waals surface area contributed by atoms with E-state index in [0.29, 0.717) is 0 Å². The van der Waals surface area contributed by atoms with Crippen molar-refractivity contribution in [3.8, 4) is 0 Å². The maximum absolute atomic E-state index is 4.84. The van der Waals surface area contributed by atoms with Crippen molar-refractivity contribution in [3.63, 3.8) is 0 Å². The first-order chi connectivity index (χ1) is 11.1. The van der Waals surface area contributed by atoms with Gasteiger partial charge in [0.2, 0.25) is 0 Å². The molecule has 3 rings (SSSR count). The summed E-state index contributed by atoms with van der Waals surface area (Å²) in [6.07, 6.45) is 0. The molecular weight excluding hydrogens is 350 g/mol. The second-order valence-corrected chi connectivity index (χ2v) is 6.78. The lowest BCUT2D eigenvalue weighted by Gasteiger charge is -2.21. The smallest absolute Gasteiger partial charge is 0.126 e. The van der Waals surface area contributed by atoms with Gasteiger partial charge in [-0.3, -0.25) is 0 Å². The first-order valence-electron chi connectivity index (χ1n) is 8.06. The molecule has 1 heterocycles. The van der Waals surface area contributed by atoms with Gasteiger partial charge in [0.25, 0.3) is 0 Å². The molecule has 3 nitrogen and oxygen atoms in total. The number of hydrogen-bond donors (Lipinski definition) is 1. The van der Waals surface area contributed by atoms with Gasteiger partial charge in [-0.25, -0.2) is 4.98 Å². The number of aryl methyl sites for hydroxylation is 1. The number of nitrogens with zero attached hydrogens (tertiary/aromatic N) is 2. The van der Waals surface area contributed by atoms with E-state index in [1.165, 1.54) is 11.1 Å². The van der Waals surface area contributed by atoms with E-state index in [2.05, 4.69) is 89.0 Å². The Morgan fingerprint density at radius 2 is 1.74 bits per heavy atom. The summed E-state index contributed by atoms with van der Waals surface area (Å²) in [7, 11) is 0. The van der Waals surface area contributed by atoms with Crippen LogP contribution in [0, 0.1) is 0 Å². The Morgan fingerprint density at radius 3 is 2.43 bits per heavy atom. The van der Waals surface area contributed by atoms with E-state index in [1.807, 2.05) is 6.07 Å². The molecule has 3 aromatic rings. The van der Waals surface area contributed by atoms with Crippen LogP contribution in [-0.4, -0.2) is 9.55 Å². The van der Waals surface area contributed by atoms with Gasteiger partial charge in [0.15, 0.2) is 0 Å². The lowest BCUT2D eigenvalue weighted by atomic mass is 10.1. The van der Waals surface area contributed by atoms with Crippen LogP contribution >= 0.6 is 15.9 Å². The molecule has 4 heteroatoms. The zero-order valence-electron chi connectivity index (χ0n) is 13.8. The summed E-state index contributed by atoms with van der Waals surface area (Å²) in [6.45, 7) is 7.47. The number of aromatic nitrogens is 2. The van der Waals surface area contributed by atoms with Gasteiger partial charge < -0.3 is 9.88 Å². The summed E-state index contributed by atoms with van der Waals surface area (Å²) in [4.78, 5) is 4.84. The maximum atomic E-state index is 4.84. The number of nitrogens with one attached hydrogen (secondary N) is 1. The molecular formula is C19H22BrN3. The molecule has 1 aromatic heterocycles. The summed E-state index contributed by atoms with van der Waals surface area (Å²) in [6, 6.07) is 17.2. The maximum Gasteiger partial charge on any atom is 0.126 e. The SMILES string of the molecule is CCn1c([C@@H](C)N[C@H](C)c2ccc(Br)cc2)nc2ccccc21. The summed E-state index contributed by atoms with van der Waals surface area (Å²) >= 11 is 3.49. The second-order valence-electron chi connectivity index (χ2n) is 5.86. The van der Waals surface area contributed by atoms with Gasteiger partial charge >= 0.3 is 0 Å². The Hall–Kier alpha value is -1.65. The predicted molar refractivity (Wildman–Crippen MR) is 99.5 cm³/mol. The minimum absolute atomic E-state index is 0.181. The average molecular weight is 372 g/mol. The summed E-state index contributed by atoms with van der Waals surface area (Å²) in [5.74, 6) is 1.10. The van der Waals surface area contributed by atoms with E-state index in [4.69, 9.17) is 4.98 Å². The minimum atomic E-state index is 0.181. The molecule has 0 aliphatic rings. The van der Waals surface area contributed by atoms with Crippen LogP contribution in [0.25, 0.3) is 11.0 Å². The third kappa shape index (κ3) is 3.33. The van der Waals surface area contributed by atoms with Crippen molar-refractivity contribution in [1.82, 2.24) is 14.9 Å². The minimum Gasteiger partial charge on any atom is -0.327 e. The third-order valence-corrected chi connectivity index (χ3v) is 4.79. The molecule has 23 heavy (non-hydrogen) atoms. The van der Waals surface area contributed by atoms with Crippen LogP contribution in [-0.2, 0) is 6.54 Å². The molecule has 0 radical (unpaired) electrons. The molecule has 2 aromatic carbocycles. The molecule has 0 aliphatic heterocycles. The topological polar surface area (TPSA) is 29.9 Å². The molecule has 2 atom stereocenters. The number of hydrogen-bond acceptors (Lipinski definition) is 2. The van der Waals surface area contributed by atoms with Gasteiger partial charge in [0.1, 0.15) is 5.82 Å². The first kappa shape index (κ1) is 16.2. The van der Waals surface area contributed by atoms with Crippen LogP contribution in [0.5, 0.6) is 0 Å². The molecule has 0 saturated carbocycles. The fourth-order valence-electron chi connectivity index (χ4n) is 3.05. The van der Waals surface area contributed by atoms with Gasteiger partial charge in [0, 0.05) is 17.1 Å². The molecule has 120 valence electrons. The zero-order chi connectivity index (χ0) is 16.4. The normalized spacial score (nSPS) is 14.1. The molecule has 0 saturated heterocycles.